The van der Waals surface area contributed by atoms with Crippen LogP contribution in [-0.2, 0) is 5.41 Å². The van der Waals surface area contributed by atoms with Crippen molar-refractivity contribution in [3.05, 3.63) is 28.8 Å². The Kier molecular flexibility index (Phi) is 5.83. The zero-order valence-corrected chi connectivity index (χ0v) is 14.4. The van der Waals surface area contributed by atoms with Crippen molar-refractivity contribution < 1.29 is 14.9 Å². The van der Waals surface area contributed by atoms with Gasteiger partial charge in [0.2, 0.25) is 0 Å². The summed E-state index contributed by atoms with van der Waals surface area (Å²) in [5.74, 6) is 1.02. The van der Waals surface area contributed by atoms with E-state index in [-0.39, 0.29) is 11.3 Å². The molecule has 1 aromatic rings. The average Bonchev–Trinajstić information content (AvgIpc) is 2.36. The van der Waals surface area contributed by atoms with E-state index in [0.29, 0.717) is 6.42 Å². The molecule has 0 aliphatic carbocycles. The Morgan fingerprint density at radius 1 is 1.14 bits per heavy atom. The molecule has 0 amide bonds. The standard InChI is InChI=1S/C18H30O3/c1-11-8-14(12(2)10-16(20)13(3)19)17(21-7)15(9-11)18(4,5)6/h8-9,12-13,16,19-20H,10H2,1-7H3. The number of rotatable bonds is 5. The Morgan fingerprint density at radius 3 is 2.14 bits per heavy atom. The Morgan fingerprint density at radius 2 is 1.71 bits per heavy atom. The Balaban J connectivity index is 3.26. The second kappa shape index (κ2) is 6.80. The van der Waals surface area contributed by atoms with Gasteiger partial charge in [-0.05, 0) is 37.2 Å². The van der Waals surface area contributed by atoms with Crippen LogP contribution in [0.3, 0.4) is 0 Å². The first kappa shape index (κ1) is 18.0. The van der Waals surface area contributed by atoms with Gasteiger partial charge < -0.3 is 14.9 Å². The van der Waals surface area contributed by atoms with Gasteiger partial charge in [-0.3, -0.25) is 0 Å². The molecule has 0 aliphatic rings. The summed E-state index contributed by atoms with van der Waals surface area (Å²) in [4.78, 5) is 0. The number of methoxy groups -OCH3 is 1. The van der Waals surface area contributed by atoms with Crippen LogP contribution in [-0.4, -0.2) is 29.5 Å². The van der Waals surface area contributed by atoms with E-state index in [1.807, 2.05) is 0 Å². The number of hydrogen-bond acceptors (Lipinski definition) is 3. The van der Waals surface area contributed by atoms with Crippen LogP contribution in [0, 0.1) is 6.92 Å². The molecule has 120 valence electrons. The molecule has 0 spiro atoms. The molecule has 0 saturated heterocycles. The SMILES string of the molecule is COc1c(C(C)CC(O)C(C)O)cc(C)cc1C(C)(C)C. The fourth-order valence-corrected chi connectivity index (χ4v) is 2.64. The molecule has 3 nitrogen and oxygen atoms in total. The van der Waals surface area contributed by atoms with E-state index in [1.165, 1.54) is 11.1 Å². The molecule has 3 atom stereocenters. The third-order valence-corrected chi connectivity index (χ3v) is 3.96. The first-order valence-corrected chi connectivity index (χ1v) is 7.63. The first-order valence-electron chi connectivity index (χ1n) is 7.63. The highest BCUT2D eigenvalue weighted by Gasteiger charge is 2.25. The molecule has 0 aliphatic heterocycles. The highest BCUT2D eigenvalue weighted by molar-refractivity contribution is 5.49. The largest absolute Gasteiger partial charge is 0.496 e. The maximum atomic E-state index is 9.93. The van der Waals surface area contributed by atoms with Crippen LogP contribution >= 0.6 is 0 Å². The van der Waals surface area contributed by atoms with Crippen molar-refractivity contribution in [1.82, 2.24) is 0 Å². The summed E-state index contributed by atoms with van der Waals surface area (Å²) >= 11 is 0. The molecule has 0 radical (unpaired) electrons. The molecule has 0 fully saturated rings. The third-order valence-electron chi connectivity index (χ3n) is 3.96. The Bertz CT molecular complexity index is 472. The van der Waals surface area contributed by atoms with Gasteiger partial charge in [0.25, 0.3) is 0 Å². The number of aliphatic hydroxyl groups is 2. The molecule has 0 heterocycles. The minimum absolute atomic E-state index is 0.00524. The number of ether oxygens (including phenoxy) is 1. The molecule has 1 rings (SSSR count). The van der Waals surface area contributed by atoms with Crippen molar-refractivity contribution in [2.75, 3.05) is 7.11 Å². The maximum Gasteiger partial charge on any atom is 0.126 e. The summed E-state index contributed by atoms with van der Waals surface area (Å²) in [6.45, 7) is 12.3. The van der Waals surface area contributed by atoms with Crippen LogP contribution in [0.4, 0.5) is 0 Å². The van der Waals surface area contributed by atoms with Gasteiger partial charge in [0.1, 0.15) is 5.75 Å². The lowest BCUT2D eigenvalue weighted by Gasteiger charge is -2.27. The first-order chi connectivity index (χ1) is 9.57. The van der Waals surface area contributed by atoms with E-state index < -0.39 is 12.2 Å². The molecule has 3 heteroatoms. The molecular formula is C18H30O3. The van der Waals surface area contributed by atoms with Crippen molar-refractivity contribution in [3.8, 4) is 5.75 Å². The van der Waals surface area contributed by atoms with Gasteiger partial charge in [-0.15, -0.1) is 0 Å². The predicted octanol–water partition coefficient (Wildman–Crippen LogP) is 3.54. The van der Waals surface area contributed by atoms with Gasteiger partial charge in [-0.1, -0.05) is 45.4 Å². The second-order valence-corrected chi connectivity index (χ2v) is 7.13. The van der Waals surface area contributed by atoms with Crippen LogP contribution < -0.4 is 4.74 Å². The van der Waals surface area contributed by atoms with Crippen molar-refractivity contribution in [2.24, 2.45) is 0 Å². The molecule has 0 saturated carbocycles. The van der Waals surface area contributed by atoms with Crippen LogP contribution in [0.5, 0.6) is 5.75 Å². The zero-order valence-electron chi connectivity index (χ0n) is 14.4. The van der Waals surface area contributed by atoms with Gasteiger partial charge in [-0.2, -0.15) is 0 Å². The van der Waals surface area contributed by atoms with Gasteiger partial charge in [-0.25, -0.2) is 0 Å². The van der Waals surface area contributed by atoms with Crippen LogP contribution in [0.15, 0.2) is 12.1 Å². The number of benzene rings is 1. The average molecular weight is 294 g/mol. The van der Waals surface area contributed by atoms with Crippen molar-refractivity contribution in [1.29, 1.82) is 0 Å². The lowest BCUT2D eigenvalue weighted by Crippen LogP contribution is -2.24. The topological polar surface area (TPSA) is 49.7 Å². The lowest BCUT2D eigenvalue weighted by molar-refractivity contribution is 0.0226. The molecule has 0 aromatic heterocycles. The Labute approximate surface area is 129 Å². The summed E-state index contributed by atoms with van der Waals surface area (Å²) in [7, 11) is 1.70. The summed E-state index contributed by atoms with van der Waals surface area (Å²) in [5, 5.41) is 19.4. The monoisotopic (exact) mass is 294 g/mol. The summed E-state index contributed by atoms with van der Waals surface area (Å²) in [6, 6.07) is 4.29. The van der Waals surface area contributed by atoms with Crippen LogP contribution in [0.1, 0.15) is 63.6 Å². The maximum absolute atomic E-state index is 9.93. The Hall–Kier alpha value is -1.06. The van der Waals surface area contributed by atoms with Gasteiger partial charge in [0.05, 0.1) is 19.3 Å². The van der Waals surface area contributed by atoms with E-state index >= 15 is 0 Å². The van der Waals surface area contributed by atoms with Gasteiger partial charge >= 0.3 is 0 Å². The third kappa shape index (κ3) is 4.45. The van der Waals surface area contributed by atoms with Gasteiger partial charge in [0, 0.05) is 5.56 Å². The predicted molar refractivity (Wildman–Crippen MR) is 87.2 cm³/mol. The molecule has 3 unspecified atom stereocenters. The smallest absolute Gasteiger partial charge is 0.126 e. The van der Waals surface area contributed by atoms with E-state index in [4.69, 9.17) is 4.74 Å². The summed E-state index contributed by atoms with van der Waals surface area (Å²) in [6.07, 6.45) is -0.921. The molecular weight excluding hydrogens is 264 g/mol. The quantitative estimate of drug-likeness (QED) is 0.873. The normalized spacial score (nSPS) is 16.4. The zero-order chi connectivity index (χ0) is 16.4. The van der Waals surface area contributed by atoms with Crippen molar-refractivity contribution >= 4 is 0 Å². The fraction of sp³-hybridized carbons (Fsp3) is 0.667. The van der Waals surface area contributed by atoms with Crippen molar-refractivity contribution in [3.63, 3.8) is 0 Å². The molecule has 21 heavy (non-hydrogen) atoms. The highest BCUT2D eigenvalue weighted by Crippen LogP contribution is 2.39. The minimum Gasteiger partial charge on any atom is -0.496 e. The fourth-order valence-electron chi connectivity index (χ4n) is 2.64. The minimum atomic E-state index is -0.719. The number of aliphatic hydroxyl groups excluding tert-OH is 2. The number of hydrogen-bond donors (Lipinski definition) is 2. The van der Waals surface area contributed by atoms with E-state index in [1.54, 1.807) is 14.0 Å². The van der Waals surface area contributed by atoms with Crippen LogP contribution in [0.25, 0.3) is 0 Å². The van der Waals surface area contributed by atoms with Gasteiger partial charge in [0.15, 0.2) is 0 Å². The second-order valence-electron chi connectivity index (χ2n) is 7.13. The number of aryl methyl sites for hydroxylation is 1. The summed E-state index contributed by atoms with van der Waals surface area (Å²) < 4.78 is 5.68. The van der Waals surface area contributed by atoms with Crippen LogP contribution in [0.2, 0.25) is 0 Å². The van der Waals surface area contributed by atoms with Crippen molar-refractivity contribution in [2.45, 2.75) is 71.5 Å². The van der Waals surface area contributed by atoms with E-state index in [0.717, 1.165) is 11.3 Å². The molecule has 0 bridgehead atoms. The molecule has 1 aromatic carbocycles. The van der Waals surface area contributed by atoms with E-state index in [2.05, 4.69) is 46.8 Å². The summed E-state index contributed by atoms with van der Waals surface area (Å²) in [5.41, 5.74) is 3.46. The van der Waals surface area contributed by atoms with E-state index in [9.17, 15) is 10.2 Å². The lowest BCUT2D eigenvalue weighted by atomic mass is 9.81. The molecule has 2 N–H and O–H groups in total. The highest BCUT2D eigenvalue weighted by atomic mass is 16.5.